The van der Waals surface area contributed by atoms with E-state index in [0.717, 1.165) is 31.0 Å². The molecular weight excluding hydrogens is 378 g/mol. The first kappa shape index (κ1) is 20.8. The summed E-state index contributed by atoms with van der Waals surface area (Å²) in [5, 5.41) is 19.2. The van der Waals surface area contributed by atoms with Crippen LogP contribution in [-0.4, -0.2) is 43.5 Å². The lowest BCUT2D eigenvalue weighted by atomic mass is 9.95. The number of carbonyl (C=O) groups excluding carboxylic acids is 1. The van der Waals surface area contributed by atoms with Gasteiger partial charge in [-0.1, -0.05) is 19.3 Å². The Morgan fingerprint density at radius 3 is 2.86 bits per heavy atom. The Hall–Kier alpha value is -1.93. The number of nitrogens with one attached hydrogen (secondary N) is 2. The van der Waals surface area contributed by atoms with E-state index in [9.17, 15) is 4.79 Å². The summed E-state index contributed by atoms with van der Waals surface area (Å²) < 4.78 is 3.87. The molecule has 28 heavy (non-hydrogen) atoms. The van der Waals surface area contributed by atoms with Gasteiger partial charge < -0.3 is 15.2 Å². The summed E-state index contributed by atoms with van der Waals surface area (Å²) in [6, 6.07) is 2.50. The van der Waals surface area contributed by atoms with Gasteiger partial charge in [-0.15, -0.1) is 22.6 Å². The number of piperidine rings is 1. The molecule has 9 heteroatoms. The molecule has 1 saturated heterocycles. The predicted molar refractivity (Wildman–Crippen MR) is 108 cm³/mol. The van der Waals surface area contributed by atoms with Crippen molar-refractivity contribution < 1.29 is 4.79 Å². The average molecular weight is 408 g/mol. The summed E-state index contributed by atoms with van der Waals surface area (Å²) in [5.41, 5.74) is 1.08. The number of aromatic nitrogens is 5. The van der Waals surface area contributed by atoms with Crippen LogP contribution in [0, 0.1) is 0 Å². The van der Waals surface area contributed by atoms with Gasteiger partial charge in [0.1, 0.15) is 12.9 Å². The normalized spacial score (nSPS) is 20.5. The lowest BCUT2D eigenvalue weighted by Crippen LogP contribution is -2.30. The monoisotopic (exact) mass is 407 g/mol. The van der Waals surface area contributed by atoms with Gasteiger partial charge in [0, 0.05) is 24.7 Å². The quantitative estimate of drug-likeness (QED) is 0.766. The molecule has 4 rings (SSSR count). The van der Waals surface area contributed by atoms with E-state index in [1.54, 1.807) is 11.0 Å². The third kappa shape index (κ3) is 5.11. The fourth-order valence-corrected chi connectivity index (χ4v) is 4.23. The number of carbonyl (C=O) groups is 1. The molecule has 0 spiro atoms. The fraction of sp³-hybridized carbons (Fsp3) is 0.684. The van der Waals surface area contributed by atoms with Crippen molar-refractivity contribution in [3.8, 4) is 0 Å². The van der Waals surface area contributed by atoms with Crippen LogP contribution in [0.15, 0.2) is 18.6 Å². The van der Waals surface area contributed by atoms with Crippen molar-refractivity contribution in [2.45, 2.75) is 70.0 Å². The third-order valence-corrected chi connectivity index (χ3v) is 5.74. The van der Waals surface area contributed by atoms with Crippen LogP contribution in [0.25, 0.3) is 0 Å². The molecular formula is C19H30ClN7O. The predicted octanol–water partition coefficient (Wildman–Crippen LogP) is 2.18. The molecule has 1 amide bonds. The minimum atomic E-state index is -0.0513. The molecule has 2 fully saturated rings. The first-order valence-electron chi connectivity index (χ1n) is 10.2. The summed E-state index contributed by atoms with van der Waals surface area (Å²) in [4.78, 5) is 12.3. The standard InChI is InChI=1S/C19H29N7O.ClH/c27-19(13-25-10-8-17(24-25)15-5-4-9-20-11-15)21-12-18-23-22-14-26(18)16-6-2-1-3-7-16;/h8,10,14-16,20H,1-7,9,11-13H2,(H,21,27);1H. The molecule has 2 aromatic rings. The summed E-state index contributed by atoms with van der Waals surface area (Å²) in [6.45, 7) is 2.71. The second kappa shape index (κ2) is 10.0. The second-order valence-electron chi connectivity index (χ2n) is 7.70. The second-order valence-corrected chi connectivity index (χ2v) is 7.70. The molecule has 1 unspecified atom stereocenters. The number of rotatable bonds is 6. The summed E-state index contributed by atoms with van der Waals surface area (Å²) in [6.07, 6.45) is 12.2. The minimum absolute atomic E-state index is 0. The fourth-order valence-electron chi connectivity index (χ4n) is 4.23. The molecule has 2 aliphatic rings. The van der Waals surface area contributed by atoms with Crippen LogP contribution in [0.1, 0.15) is 68.4 Å². The van der Waals surface area contributed by atoms with E-state index in [-0.39, 0.29) is 24.9 Å². The Morgan fingerprint density at radius 1 is 1.21 bits per heavy atom. The maximum atomic E-state index is 12.3. The molecule has 3 heterocycles. The SMILES string of the molecule is Cl.O=C(Cn1ccc(C2CCCNC2)n1)NCc1nncn1C1CCCCC1. The van der Waals surface area contributed by atoms with E-state index in [1.807, 2.05) is 12.3 Å². The molecule has 8 nitrogen and oxygen atoms in total. The summed E-state index contributed by atoms with van der Waals surface area (Å²) >= 11 is 0. The molecule has 0 radical (unpaired) electrons. The molecule has 154 valence electrons. The minimum Gasteiger partial charge on any atom is -0.347 e. The van der Waals surface area contributed by atoms with Crippen LogP contribution in [-0.2, 0) is 17.9 Å². The van der Waals surface area contributed by atoms with Crippen LogP contribution in [0.2, 0.25) is 0 Å². The lowest BCUT2D eigenvalue weighted by Gasteiger charge is -2.24. The van der Waals surface area contributed by atoms with E-state index in [4.69, 9.17) is 0 Å². The van der Waals surface area contributed by atoms with Crippen molar-refractivity contribution in [2.24, 2.45) is 0 Å². The zero-order valence-corrected chi connectivity index (χ0v) is 17.0. The van der Waals surface area contributed by atoms with Crippen molar-refractivity contribution in [1.29, 1.82) is 0 Å². The zero-order chi connectivity index (χ0) is 18.5. The van der Waals surface area contributed by atoms with Crippen molar-refractivity contribution in [1.82, 2.24) is 35.2 Å². The van der Waals surface area contributed by atoms with Crippen LogP contribution in [0.4, 0.5) is 0 Å². The lowest BCUT2D eigenvalue weighted by molar-refractivity contribution is -0.122. The Balaban J connectivity index is 0.00000225. The molecule has 2 aromatic heterocycles. The van der Waals surface area contributed by atoms with Gasteiger partial charge in [-0.3, -0.25) is 9.48 Å². The summed E-state index contributed by atoms with van der Waals surface area (Å²) in [7, 11) is 0. The molecule has 1 aliphatic heterocycles. The van der Waals surface area contributed by atoms with Gasteiger partial charge in [0.05, 0.1) is 12.2 Å². The van der Waals surface area contributed by atoms with Crippen molar-refractivity contribution >= 4 is 18.3 Å². The highest BCUT2D eigenvalue weighted by molar-refractivity contribution is 5.85. The highest BCUT2D eigenvalue weighted by atomic mass is 35.5. The van der Waals surface area contributed by atoms with E-state index in [2.05, 4.69) is 30.5 Å². The van der Waals surface area contributed by atoms with Crippen LogP contribution in [0.5, 0.6) is 0 Å². The Kier molecular flexibility index (Phi) is 7.44. The highest BCUT2D eigenvalue weighted by Crippen LogP contribution is 2.28. The maximum Gasteiger partial charge on any atom is 0.242 e. The Morgan fingerprint density at radius 2 is 2.07 bits per heavy atom. The van der Waals surface area contributed by atoms with Crippen LogP contribution < -0.4 is 10.6 Å². The van der Waals surface area contributed by atoms with Crippen molar-refractivity contribution in [3.63, 3.8) is 0 Å². The smallest absolute Gasteiger partial charge is 0.242 e. The topological polar surface area (TPSA) is 89.7 Å². The molecule has 1 saturated carbocycles. The number of amides is 1. The first-order valence-corrected chi connectivity index (χ1v) is 10.2. The van der Waals surface area contributed by atoms with Gasteiger partial charge in [-0.25, -0.2) is 0 Å². The van der Waals surface area contributed by atoms with Gasteiger partial charge in [0.2, 0.25) is 5.91 Å². The van der Waals surface area contributed by atoms with Gasteiger partial charge in [0.15, 0.2) is 5.82 Å². The van der Waals surface area contributed by atoms with E-state index >= 15 is 0 Å². The van der Waals surface area contributed by atoms with Crippen LogP contribution in [0.3, 0.4) is 0 Å². The molecule has 0 bridgehead atoms. The Labute approximate surface area is 171 Å². The third-order valence-electron chi connectivity index (χ3n) is 5.74. The Bertz CT molecular complexity index is 747. The van der Waals surface area contributed by atoms with Crippen LogP contribution >= 0.6 is 12.4 Å². The van der Waals surface area contributed by atoms with E-state index < -0.39 is 0 Å². The van der Waals surface area contributed by atoms with Gasteiger partial charge >= 0.3 is 0 Å². The molecule has 1 atom stereocenters. The summed E-state index contributed by atoms with van der Waals surface area (Å²) in [5.74, 6) is 1.24. The number of hydrogen-bond acceptors (Lipinski definition) is 5. The zero-order valence-electron chi connectivity index (χ0n) is 16.2. The van der Waals surface area contributed by atoms with E-state index in [1.165, 1.54) is 38.5 Å². The first-order chi connectivity index (χ1) is 13.3. The molecule has 2 N–H and O–H groups in total. The molecule has 1 aliphatic carbocycles. The average Bonchev–Trinajstić information content (AvgIpc) is 3.37. The van der Waals surface area contributed by atoms with Crippen molar-refractivity contribution in [3.05, 3.63) is 30.1 Å². The van der Waals surface area contributed by atoms with Gasteiger partial charge in [-0.2, -0.15) is 5.10 Å². The van der Waals surface area contributed by atoms with Gasteiger partial charge in [-0.05, 0) is 38.3 Å². The number of nitrogens with zero attached hydrogens (tertiary/aromatic N) is 5. The number of halogens is 1. The highest BCUT2D eigenvalue weighted by Gasteiger charge is 2.20. The van der Waals surface area contributed by atoms with Crippen molar-refractivity contribution in [2.75, 3.05) is 13.1 Å². The number of hydrogen-bond donors (Lipinski definition) is 2. The van der Waals surface area contributed by atoms with Gasteiger partial charge in [0.25, 0.3) is 0 Å². The largest absolute Gasteiger partial charge is 0.347 e. The molecule has 0 aromatic carbocycles. The maximum absolute atomic E-state index is 12.3. The van der Waals surface area contributed by atoms with E-state index in [0.29, 0.717) is 18.5 Å².